The van der Waals surface area contributed by atoms with Crippen LogP contribution in [0.15, 0.2) is 18.2 Å². The lowest BCUT2D eigenvalue weighted by atomic mass is 9.77. The Kier molecular flexibility index (Phi) is 4.13. The van der Waals surface area contributed by atoms with Gasteiger partial charge in [-0.2, -0.15) is 0 Å². The predicted molar refractivity (Wildman–Crippen MR) is 84.5 cm³/mol. The van der Waals surface area contributed by atoms with E-state index in [1.807, 2.05) is 0 Å². The number of likely N-dealkylation sites (tertiary alicyclic amines) is 1. The maximum absolute atomic E-state index is 5.71. The third kappa shape index (κ3) is 2.91. The number of piperidine rings is 1. The van der Waals surface area contributed by atoms with Crippen LogP contribution in [0.3, 0.4) is 0 Å². The highest BCUT2D eigenvalue weighted by molar-refractivity contribution is 5.31. The molecule has 0 amide bonds. The minimum Gasteiger partial charge on any atom is -0.326 e. The van der Waals surface area contributed by atoms with E-state index in [9.17, 15) is 0 Å². The number of rotatable bonds is 3. The molecule has 0 aromatic heterocycles. The van der Waals surface area contributed by atoms with E-state index >= 15 is 0 Å². The lowest BCUT2D eigenvalue weighted by Gasteiger charge is -2.39. The summed E-state index contributed by atoms with van der Waals surface area (Å²) in [5, 5.41) is 0. The molecule has 2 aliphatic rings. The highest BCUT2D eigenvalue weighted by atomic mass is 15.1. The van der Waals surface area contributed by atoms with E-state index < -0.39 is 0 Å². The molecule has 110 valence electrons. The second-order valence-corrected chi connectivity index (χ2v) is 6.95. The van der Waals surface area contributed by atoms with Gasteiger partial charge in [0.2, 0.25) is 0 Å². The molecule has 0 radical (unpaired) electrons. The average Bonchev–Trinajstić information content (AvgIpc) is 2.92. The fourth-order valence-corrected chi connectivity index (χ4v) is 4.11. The quantitative estimate of drug-likeness (QED) is 0.911. The minimum absolute atomic E-state index is 0.646. The van der Waals surface area contributed by atoms with Crippen LogP contribution in [0.2, 0.25) is 0 Å². The van der Waals surface area contributed by atoms with Crippen LogP contribution in [0, 0.1) is 12.3 Å². The Balaban J connectivity index is 1.59. The van der Waals surface area contributed by atoms with E-state index in [1.54, 1.807) is 0 Å². The number of hydrogen-bond donors (Lipinski definition) is 1. The minimum atomic E-state index is 0.646. The van der Waals surface area contributed by atoms with E-state index in [1.165, 1.54) is 68.3 Å². The zero-order valence-corrected chi connectivity index (χ0v) is 12.8. The second kappa shape index (κ2) is 5.87. The first-order valence-corrected chi connectivity index (χ1v) is 8.22. The van der Waals surface area contributed by atoms with Gasteiger partial charge in [-0.05, 0) is 67.8 Å². The maximum Gasteiger partial charge on any atom is 0.0236 e. The van der Waals surface area contributed by atoms with Crippen LogP contribution in [-0.2, 0) is 13.1 Å². The fraction of sp³-hybridized carbons (Fsp3) is 0.667. The molecule has 0 unspecified atom stereocenters. The topological polar surface area (TPSA) is 29.3 Å². The Morgan fingerprint density at radius 2 is 1.80 bits per heavy atom. The first-order chi connectivity index (χ1) is 9.71. The molecule has 2 heteroatoms. The number of aryl methyl sites for hydroxylation is 1. The van der Waals surface area contributed by atoms with Gasteiger partial charge in [0.15, 0.2) is 0 Å². The molecule has 2 N–H and O–H groups in total. The van der Waals surface area contributed by atoms with Crippen LogP contribution in [-0.4, -0.2) is 18.0 Å². The summed E-state index contributed by atoms with van der Waals surface area (Å²) in [6, 6.07) is 6.71. The molecular formula is C18H28N2. The van der Waals surface area contributed by atoms with Gasteiger partial charge in [-0.25, -0.2) is 0 Å². The van der Waals surface area contributed by atoms with Gasteiger partial charge < -0.3 is 5.73 Å². The molecule has 1 aliphatic carbocycles. The first-order valence-electron chi connectivity index (χ1n) is 8.22. The van der Waals surface area contributed by atoms with Gasteiger partial charge in [0.05, 0.1) is 0 Å². The van der Waals surface area contributed by atoms with Crippen molar-refractivity contribution in [3.63, 3.8) is 0 Å². The molecule has 1 spiro atoms. The van der Waals surface area contributed by atoms with Crippen LogP contribution in [0.25, 0.3) is 0 Å². The Labute approximate surface area is 123 Å². The van der Waals surface area contributed by atoms with E-state index in [4.69, 9.17) is 5.73 Å². The lowest BCUT2D eigenvalue weighted by molar-refractivity contribution is 0.103. The summed E-state index contributed by atoms with van der Waals surface area (Å²) in [7, 11) is 0. The Hall–Kier alpha value is -0.860. The van der Waals surface area contributed by atoms with Crippen LogP contribution in [0.1, 0.15) is 55.2 Å². The summed E-state index contributed by atoms with van der Waals surface area (Å²) in [4.78, 5) is 2.65. The van der Waals surface area contributed by atoms with Crippen LogP contribution < -0.4 is 5.73 Å². The van der Waals surface area contributed by atoms with Crippen molar-refractivity contribution < 1.29 is 0 Å². The molecule has 3 rings (SSSR count). The van der Waals surface area contributed by atoms with Crippen molar-refractivity contribution in [2.75, 3.05) is 13.1 Å². The van der Waals surface area contributed by atoms with Gasteiger partial charge in [-0.1, -0.05) is 31.0 Å². The van der Waals surface area contributed by atoms with Crippen molar-refractivity contribution in [2.24, 2.45) is 11.1 Å². The summed E-state index contributed by atoms with van der Waals surface area (Å²) >= 11 is 0. The number of hydrogen-bond acceptors (Lipinski definition) is 2. The van der Waals surface area contributed by atoms with Gasteiger partial charge in [-0.15, -0.1) is 0 Å². The molecule has 1 aromatic rings. The van der Waals surface area contributed by atoms with Gasteiger partial charge >= 0.3 is 0 Å². The van der Waals surface area contributed by atoms with Crippen molar-refractivity contribution in [3.05, 3.63) is 34.9 Å². The molecule has 1 saturated heterocycles. The zero-order chi connectivity index (χ0) is 14.0. The van der Waals surface area contributed by atoms with Crippen molar-refractivity contribution in [3.8, 4) is 0 Å². The normalized spacial score (nSPS) is 22.5. The third-order valence-corrected chi connectivity index (χ3v) is 5.62. The molecule has 2 nitrogen and oxygen atoms in total. The zero-order valence-electron chi connectivity index (χ0n) is 12.8. The number of nitrogens with zero attached hydrogens (tertiary/aromatic N) is 1. The van der Waals surface area contributed by atoms with Crippen LogP contribution in [0.5, 0.6) is 0 Å². The van der Waals surface area contributed by atoms with E-state index in [0.717, 1.165) is 12.0 Å². The molecule has 1 aromatic carbocycles. The number of nitrogens with two attached hydrogens (primary N) is 1. The largest absolute Gasteiger partial charge is 0.326 e. The van der Waals surface area contributed by atoms with Crippen LogP contribution >= 0.6 is 0 Å². The summed E-state index contributed by atoms with van der Waals surface area (Å²) in [5.41, 5.74) is 10.6. The smallest absolute Gasteiger partial charge is 0.0236 e. The van der Waals surface area contributed by atoms with E-state index in [2.05, 4.69) is 30.0 Å². The summed E-state index contributed by atoms with van der Waals surface area (Å²) in [5.74, 6) is 0. The molecule has 1 saturated carbocycles. The van der Waals surface area contributed by atoms with Crippen molar-refractivity contribution in [1.82, 2.24) is 4.90 Å². The molecule has 0 atom stereocenters. The molecule has 0 bridgehead atoms. The SMILES string of the molecule is Cc1cc(CN)ccc1CN1CCC2(CCCC2)CC1. The molecular weight excluding hydrogens is 244 g/mol. The highest BCUT2D eigenvalue weighted by Crippen LogP contribution is 2.46. The highest BCUT2D eigenvalue weighted by Gasteiger charge is 2.36. The van der Waals surface area contributed by atoms with E-state index in [-0.39, 0.29) is 0 Å². The van der Waals surface area contributed by atoms with E-state index in [0.29, 0.717) is 6.54 Å². The van der Waals surface area contributed by atoms with Gasteiger partial charge in [-0.3, -0.25) is 4.90 Å². The van der Waals surface area contributed by atoms with Crippen molar-refractivity contribution in [2.45, 2.75) is 58.5 Å². The monoisotopic (exact) mass is 272 g/mol. The average molecular weight is 272 g/mol. The molecule has 1 heterocycles. The van der Waals surface area contributed by atoms with Crippen LogP contribution in [0.4, 0.5) is 0 Å². The fourth-order valence-electron chi connectivity index (χ4n) is 4.11. The second-order valence-electron chi connectivity index (χ2n) is 6.95. The molecule has 1 aliphatic heterocycles. The maximum atomic E-state index is 5.71. The summed E-state index contributed by atoms with van der Waals surface area (Å²) in [6.07, 6.45) is 8.77. The lowest BCUT2D eigenvalue weighted by Crippen LogP contribution is -2.38. The Bertz CT molecular complexity index is 450. The first kappa shape index (κ1) is 14.1. The Morgan fingerprint density at radius 1 is 1.10 bits per heavy atom. The number of benzene rings is 1. The van der Waals surface area contributed by atoms with Crippen molar-refractivity contribution in [1.29, 1.82) is 0 Å². The Morgan fingerprint density at radius 3 is 2.40 bits per heavy atom. The molecule has 20 heavy (non-hydrogen) atoms. The standard InChI is InChI=1S/C18H28N2/c1-15-12-16(13-19)4-5-17(15)14-20-10-8-18(9-11-20)6-2-3-7-18/h4-5,12H,2-3,6-11,13-14,19H2,1H3. The molecule has 2 fully saturated rings. The van der Waals surface area contributed by atoms with Crippen molar-refractivity contribution >= 4 is 0 Å². The predicted octanol–water partition coefficient (Wildman–Crippen LogP) is 3.61. The third-order valence-electron chi connectivity index (χ3n) is 5.62. The van der Waals surface area contributed by atoms with Gasteiger partial charge in [0, 0.05) is 13.1 Å². The van der Waals surface area contributed by atoms with Gasteiger partial charge in [0.1, 0.15) is 0 Å². The van der Waals surface area contributed by atoms with Gasteiger partial charge in [0.25, 0.3) is 0 Å². The summed E-state index contributed by atoms with van der Waals surface area (Å²) < 4.78 is 0. The summed E-state index contributed by atoms with van der Waals surface area (Å²) in [6.45, 7) is 6.56.